The molecule has 1 heterocycles. The first-order valence-corrected chi connectivity index (χ1v) is 10.1. The Morgan fingerprint density at radius 2 is 1.86 bits per heavy atom. The van der Waals surface area contributed by atoms with Crippen molar-refractivity contribution in [2.75, 3.05) is 5.75 Å². The number of benzene rings is 2. The van der Waals surface area contributed by atoms with Crippen LogP contribution >= 0.6 is 11.8 Å². The number of carbonyl (C=O) groups excluding carboxylic acids is 1. The van der Waals surface area contributed by atoms with Gasteiger partial charge in [-0.3, -0.25) is 14.2 Å². The summed E-state index contributed by atoms with van der Waals surface area (Å²) in [5, 5.41) is 17.7. The van der Waals surface area contributed by atoms with Crippen molar-refractivity contribution in [3.05, 3.63) is 70.5 Å². The molecule has 0 saturated heterocycles. The lowest BCUT2D eigenvalue weighted by molar-refractivity contribution is -0.117. The smallest absolute Gasteiger partial charge is 0.262 e. The van der Waals surface area contributed by atoms with Gasteiger partial charge in [0.25, 0.3) is 5.56 Å². The van der Waals surface area contributed by atoms with E-state index in [4.69, 9.17) is 10.7 Å². The number of nitriles is 1. The van der Waals surface area contributed by atoms with Crippen LogP contribution in [-0.2, 0) is 4.79 Å². The Balaban J connectivity index is 2.06. The molecule has 7 heteroatoms. The van der Waals surface area contributed by atoms with Gasteiger partial charge in [0, 0.05) is 5.71 Å². The van der Waals surface area contributed by atoms with Crippen LogP contribution in [0, 0.1) is 22.7 Å². The lowest BCUT2D eigenvalue weighted by Gasteiger charge is -2.20. The lowest BCUT2D eigenvalue weighted by Crippen LogP contribution is -2.28. The highest BCUT2D eigenvalue weighted by Crippen LogP contribution is 2.25. The van der Waals surface area contributed by atoms with Crippen molar-refractivity contribution in [3.8, 4) is 6.07 Å². The van der Waals surface area contributed by atoms with E-state index < -0.39 is 5.92 Å². The van der Waals surface area contributed by atoms with Gasteiger partial charge in [0.1, 0.15) is 5.92 Å². The summed E-state index contributed by atoms with van der Waals surface area (Å²) >= 11 is 1.12. The molecule has 1 aromatic heterocycles. The van der Waals surface area contributed by atoms with Crippen LogP contribution in [0.15, 0.2) is 64.5 Å². The zero-order chi connectivity index (χ0) is 21.0. The second-order valence-electron chi connectivity index (χ2n) is 6.67. The number of hydrogen-bond acceptors (Lipinski definition) is 6. The summed E-state index contributed by atoms with van der Waals surface area (Å²) in [7, 11) is 0. The molecule has 0 unspecified atom stereocenters. The van der Waals surface area contributed by atoms with E-state index in [1.807, 2.05) is 49.4 Å². The number of ketones is 1. The lowest BCUT2D eigenvalue weighted by atomic mass is 10.0. The van der Waals surface area contributed by atoms with Crippen LogP contribution in [0.2, 0.25) is 0 Å². The SMILES string of the molecule is CC(=N)[C@H](C#N)C(=O)CSc1nc2ccccc2c(=O)n1[C@@H](C)c1ccccc1. The van der Waals surface area contributed by atoms with Gasteiger partial charge in [-0.2, -0.15) is 5.26 Å². The number of hydrogen-bond donors (Lipinski definition) is 1. The second kappa shape index (κ2) is 8.84. The third-order valence-corrected chi connectivity index (χ3v) is 5.65. The van der Waals surface area contributed by atoms with Crippen molar-refractivity contribution >= 4 is 34.2 Å². The minimum atomic E-state index is -1.07. The number of thioether (sulfide) groups is 1. The van der Waals surface area contributed by atoms with E-state index in [0.29, 0.717) is 16.1 Å². The number of fused-ring (bicyclic) bond motifs is 1. The van der Waals surface area contributed by atoms with Crippen LogP contribution in [-0.4, -0.2) is 26.8 Å². The first-order chi connectivity index (χ1) is 13.9. The molecule has 29 heavy (non-hydrogen) atoms. The Kier molecular flexibility index (Phi) is 6.25. The third-order valence-electron chi connectivity index (χ3n) is 4.67. The number of carbonyl (C=O) groups is 1. The topological polar surface area (TPSA) is 99.6 Å². The molecule has 0 fully saturated rings. The molecule has 0 aliphatic heterocycles. The average molecular weight is 404 g/mol. The van der Waals surface area contributed by atoms with Crippen LogP contribution in [0.3, 0.4) is 0 Å². The van der Waals surface area contributed by atoms with Gasteiger partial charge in [0.2, 0.25) is 0 Å². The number of Topliss-reactive ketones (excluding diaryl/α,β-unsaturated/α-hetero) is 1. The van der Waals surface area contributed by atoms with E-state index in [9.17, 15) is 9.59 Å². The highest BCUT2D eigenvalue weighted by Gasteiger charge is 2.23. The van der Waals surface area contributed by atoms with Crippen molar-refractivity contribution in [2.24, 2.45) is 5.92 Å². The van der Waals surface area contributed by atoms with Gasteiger partial charge >= 0.3 is 0 Å². The van der Waals surface area contributed by atoms with Gasteiger partial charge in [0.05, 0.1) is 28.8 Å². The molecule has 0 aliphatic carbocycles. The van der Waals surface area contributed by atoms with Crippen LogP contribution in [0.5, 0.6) is 0 Å². The van der Waals surface area contributed by atoms with E-state index in [1.54, 1.807) is 22.8 Å². The second-order valence-corrected chi connectivity index (χ2v) is 7.62. The number of rotatable bonds is 7. The molecule has 0 bridgehead atoms. The third kappa shape index (κ3) is 4.28. The van der Waals surface area contributed by atoms with Crippen molar-refractivity contribution in [1.82, 2.24) is 9.55 Å². The maximum Gasteiger partial charge on any atom is 0.262 e. The predicted molar refractivity (Wildman–Crippen MR) is 114 cm³/mol. The maximum atomic E-state index is 13.2. The molecule has 146 valence electrons. The molecule has 0 aliphatic rings. The molecular formula is C22H20N4O2S. The minimum absolute atomic E-state index is 0.0135. The fourth-order valence-corrected chi connectivity index (χ4v) is 4.06. The molecule has 3 rings (SSSR count). The Hall–Kier alpha value is -3.24. The van der Waals surface area contributed by atoms with Gasteiger partial charge in [-0.25, -0.2) is 4.98 Å². The van der Waals surface area contributed by atoms with E-state index in [2.05, 4.69) is 4.98 Å². The van der Waals surface area contributed by atoms with Crippen LogP contribution in [0.4, 0.5) is 0 Å². The van der Waals surface area contributed by atoms with Crippen molar-refractivity contribution in [3.63, 3.8) is 0 Å². The zero-order valence-electron chi connectivity index (χ0n) is 16.1. The van der Waals surface area contributed by atoms with Crippen LogP contribution < -0.4 is 5.56 Å². The molecular weight excluding hydrogens is 384 g/mol. The number of nitrogens with one attached hydrogen (secondary N) is 1. The molecule has 2 atom stereocenters. The van der Waals surface area contributed by atoms with Gasteiger partial charge < -0.3 is 5.41 Å². The van der Waals surface area contributed by atoms with Gasteiger partial charge in [0.15, 0.2) is 10.9 Å². The summed E-state index contributed by atoms with van der Waals surface area (Å²) in [4.78, 5) is 30.3. The minimum Gasteiger partial charge on any atom is -0.308 e. The van der Waals surface area contributed by atoms with E-state index in [1.165, 1.54) is 6.92 Å². The molecule has 0 amide bonds. The fraction of sp³-hybridized carbons (Fsp3) is 0.227. The van der Waals surface area contributed by atoms with E-state index >= 15 is 0 Å². The monoisotopic (exact) mass is 404 g/mol. The highest BCUT2D eigenvalue weighted by molar-refractivity contribution is 7.99. The van der Waals surface area contributed by atoms with Crippen LogP contribution in [0.1, 0.15) is 25.5 Å². The van der Waals surface area contributed by atoms with Gasteiger partial charge in [-0.15, -0.1) is 0 Å². The summed E-state index contributed by atoms with van der Waals surface area (Å²) in [6.45, 7) is 3.36. The number of aromatic nitrogens is 2. The fourth-order valence-electron chi connectivity index (χ4n) is 3.08. The summed E-state index contributed by atoms with van der Waals surface area (Å²) in [5.74, 6) is -1.48. The van der Waals surface area contributed by atoms with Gasteiger partial charge in [-0.05, 0) is 31.5 Å². The van der Waals surface area contributed by atoms with Crippen molar-refractivity contribution < 1.29 is 4.79 Å². The standard InChI is InChI=1S/C22H20N4O2S/c1-14(24)18(12-23)20(27)13-29-22-25-19-11-7-6-10-17(19)21(28)26(22)15(2)16-8-4-3-5-9-16/h3-11,15,18,24H,13H2,1-2H3/t15-,18-/m0/s1. The summed E-state index contributed by atoms with van der Waals surface area (Å²) in [6.07, 6.45) is 0. The zero-order valence-corrected chi connectivity index (χ0v) is 16.9. The van der Waals surface area contributed by atoms with E-state index in [-0.39, 0.29) is 28.8 Å². The molecule has 3 aromatic rings. The summed E-state index contributed by atoms with van der Waals surface area (Å²) < 4.78 is 1.59. The maximum absolute atomic E-state index is 13.2. The Morgan fingerprint density at radius 1 is 1.21 bits per heavy atom. The Morgan fingerprint density at radius 3 is 2.52 bits per heavy atom. The van der Waals surface area contributed by atoms with Crippen molar-refractivity contribution in [1.29, 1.82) is 10.7 Å². The van der Waals surface area contributed by atoms with Gasteiger partial charge in [-0.1, -0.05) is 54.2 Å². The molecule has 6 nitrogen and oxygen atoms in total. The quantitative estimate of drug-likeness (QED) is 0.366. The average Bonchev–Trinajstić information content (AvgIpc) is 2.73. The highest BCUT2D eigenvalue weighted by atomic mass is 32.2. The first-order valence-electron chi connectivity index (χ1n) is 9.10. The van der Waals surface area contributed by atoms with E-state index in [0.717, 1.165) is 17.3 Å². The first kappa shape index (κ1) is 20.5. The molecule has 1 N–H and O–H groups in total. The predicted octanol–water partition coefficient (Wildman–Crippen LogP) is 3.85. The molecule has 0 radical (unpaired) electrons. The number of nitrogens with zero attached hydrogens (tertiary/aromatic N) is 3. The van der Waals surface area contributed by atoms with Crippen LogP contribution in [0.25, 0.3) is 10.9 Å². The molecule has 0 saturated carbocycles. The Bertz CT molecular complexity index is 1160. The number of para-hydroxylation sites is 1. The molecule has 2 aromatic carbocycles. The summed E-state index contributed by atoms with van der Waals surface area (Å²) in [6, 6.07) is 18.3. The largest absolute Gasteiger partial charge is 0.308 e. The summed E-state index contributed by atoms with van der Waals surface area (Å²) in [5.41, 5.74) is 1.34. The normalized spacial score (nSPS) is 12.9. The Labute approximate surface area is 172 Å². The van der Waals surface area contributed by atoms with Crippen molar-refractivity contribution in [2.45, 2.75) is 25.0 Å². The molecule has 0 spiro atoms.